The molecule has 1 aromatic carbocycles. The third-order valence-electron chi connectivity index (χ3n) is 3.56. The molecule has 1 aromatic rings. The van der Waals surface area contributed by atoms with Crippen molar-refractivity contribution in [2.75, 3.05) is 11.4 Å². The highest BCUT2D eigenvalue weighted by molar-refractivity contribution is 6.33. The number of hydrogen-bond donors (Lipinski definition) is 0. The van der Waals surface area contributed by atoms with E-state index in [2.05, 4.69) is 11.8 Å². The van der Waals surface area contributed by atoms with E-state index < -0.39 is 0 Å². The topological polar surface area (TPSA) is 20.3 Å². The summed E-state index contributed by atoms with van der Waals surface area (Å²) in [5.74, 6) is 0. The zero-order chi connectivity index (χ0) is 12.3. The van der Waals surface area contributed by atoms with Crippen LogP contribution in [0.2, 0.25) is 5.02 Å². The standard InChI is InChI=1S/C14H18ClNO/c1-2-16(11-6-3-4-7-11)14-9-5-8-13(15)12(14)10-17/h5,8-11H,2-4,6-7H2,1H3. The Morgan fingerprint density at radius 3 is 2.71 bits per heavy atom. The maximum absolute atomic E-state index is 11.2. The zero-order valence-electron chi connectivity index (χ0n) is 10.2. The van der Waals surface area contributed by atoms with Gasteiger partial charge in [-0.2, -0.15) is 0 Å². The smallest absolute Gasteiger partial charge is 0.153 e. The van der Waals surface area contributed by atoms with E-state index in [1.54, 1.807) is 6.07 Å². The molecule has 3 heteroatoms. The van der Waals surface area contributed by atoms with Gasteiger partial charge in [-0.1, -0.05) is 30.5 Å². The molecule has 1 fully saturated rings. The summed E-state index contributed by atoms with van der Waals surface area (Å²) in [4.78, 5) is 13.5. The van der Waals surface area contributed by atoms with Crippen molar-refractivity contribution in [3.8, 4) is 0 Å². The van der Waals surface area contributed by atoms with Crippen LogP contribution in [0.5, 0.6) is 0 Å². The van der Waals surface area contributed by atoms with Crippen molar-refractivity contribution in [2.24, 2.45) is 0 Å². The van der Waals surface area contributed by atoms with Gasteiger partial charge in [0, 0.05) is 18.3 Å². The Morgan fingerprint density at radius 2 is 2.12 bits per heavy atom. The Morgan fingerprint density at radius 1 is 1.41 bits per heavy atom. The number of carbonyl (C=O) groups excluding carboxylic acids is 1. The summed E-state index contributed by atoms with van der Waals surface area (Å²) in [6, 6.07) is 6.26. The number of hydrogen-bond acceptors (Lipinski definition) is 2. The van der Waals surface area contributed by atoms with Gasteiger partial charge in [0.1, 0.15) is 0 Å². The Hall–Kier alpha value is -1.02. The van der Waals surface area contributed by atoms with Crippen LogP contribution in [-0.4, -0.2) is 18.9 Å². The lowest BCUT2D eigenvalue weighted by Gasteiger charge is -2.31. The van der Waals surface area contributed by atoms with E-state index in [0.29, 0.717) is 16.6 Å². The molecular formula is C14H18ClNO. The lowest BCUT2D eigenvalue weighted by atomic mass is 10.1. The quantitative estimate of drug-likeness (QED) is 0.756. The van der Waals surface area contributed by atoms with Crippen molar-refractivity contribution < 1.29 is 4.79 Å². The maximum Gasteiger partial charge on any atom is 0.153 e. The molecule has 17 heavy (non-hydrogen) atoms. The number of aldehydes is 1. The molecule has 0 bridgehead atoms. The molecule has 0 aliphatic heterocycles. The van der Waals surface area contributed by atoms with Crippen LogP contribution in [0.1, 0.15) is 43.0 Å². The molecule has 0 unspecified atom stereocenters. The minimum Gasteiger partial charge on any atom is -0.368 e. The van der Waals surface area contributed by atoms with E-state index in [1.165, 1.54) is 25.7 Å². The number of nitrogens with zero attached hydrogens (tertiary/aromatic N) is 1. The van der Waals surface area contributed by atoms with Gasteiger partial charge in [-0.3, -0.25) is 4.79 Å². The molecule has 0 amide bonds. The van der Waals surface area contributed by atoms with Crippen LogP contribution < -0.4 is 4.90 Å². The third kappa shape index (κ3) is 2.47. The lowest BCUT2D eigenvalue weighted by Crippen LogP contribution is -2.33. The van der Waals surface area contributed by atoms with Gasteiger partial charge in [0.05, 0.1) is 10.6 Å². The minimum atomic E-state index is 0.550. The van der Waals surface area contributed by atoms with Crippen LogP contribution in [0.4, 0.5) is 5.69 Å². The van der Waals surface area contributed by atoms with E-state index in [1.807, 2.05) is 12.1 Å². The number of anilines is 1. The predicted molar refractivity (Wildman–Crippen MR) is 72.1 cm³/mol. The molecular weight excluding hydrogens is 234 g/mol. The number of carbonyl (C=O) groups is 1. The van der Waals surface area contributed by atoms with Crippen molar-refractivity contribution in [2.45, 2.75) is 38.6 Å². The molecule has 0 saturated heterocycles. The molecule has 0 spiro atoms. The average molecular weight is 252 g/mol. The Labute approximate surface area is 108 Å². The summed E-state index contributed by atoms with van der Waals surface area (Å²) in [5.41, 5.74) is 1.62. The SMILES string of the molecule is CCN(c1cccc(Cl)c1C=O)C1CCCC1. The van der Waals surface area contributed by atoms with Crippen molar-refractivity contribution >= 4 is 23.6 Å². The van der Waals surface area contributed by atoms with E-state index >= 15 is 0 Å². The summed E-state index contributed by atoms with van der Waals surface area (Å²) >= 11 is 6.08. The second kappa shape index (κ2) is 5.54. The molecule has 0 N–H and O–H groups in total. The van der Waals surface area contributed by atoms with E-state index in [-0.39, 0.29) is 0 Å². The van der Waals surface area contributed by atoms with E-state index in [4.69, 9.17) is 11.6 Å². The number of halogens is 1. The summed E-state index contributed by atoms with van der Waals surface area (Å²) in [5, 5.41) is 0.550. The first-order valence-electron chi connectivity index (χ1n) is 6.28. The Balaban J connectivity index is 2.35. The fourth-order valence-corrected chi connectivity index (χ4v) is 2.95. The summed E-state index contributed by atoms with van der Waals surface area (Å²) in [7, 11) is 0. The van der Waals surface area contributed by atoms with Crippen LogP contribution in [0.15, 0.2) is 18.2 Å². The van der Waals surface area contributed by atoms with E-state index in [9.17, 15) is 4.79 Å². The minimum absolute atomic E-state index is 0.550. The maximum atomic E-state index is 11.2. The predicted octanol–water partition coefficient (Wildman–Crippen LogP) is 3.92. The van der Waals surface area contributed by atoms with Gasteiger partial charge in [-0.15, -0.1) is 0 Å². The molecule has 0 atom stereocenters. The van der Waals surface area contributed by atoms with Crippen molar-refractivity contribution in [3.63, 3.8) is 0 Å². The molecule has 1 aliphatic carbocycles. The van der Waals surface area contributed by atoms with E-state index in [0.717, 1.165) is 18.5 Å². The van der Waals surface area contributed by atoms with Gasteiger partial charge < -0.3 is 4.90 Å². The van der Waals surface area contributed by atoms with Gasteiger partial charge in [-0.25, -0.2) is 0 Å². The highest BCUT2D eigenvalue weighted by Gasteiger charge is 2.23. The molecule has 92 valence electrons. The molecule has 0 radical (unpaired) electrons. The van der Waals surface area contributed by atoms with Crippen LogP contribution in [0.25, 0.3) is 0 Å². The normalized spacial score (nSPS) is 16.1. The highest BCUT2D eigenvalue weighted by atomic mass is 35.5. The lowest BCUT2D eigenvalue weighted by molar-refractivity contribution is 0.112. The van der Waals surface area contributed by atoms with Crippen LogP contribution >= 0.6 is 11.6 Å². The van der Waals surface area contributed by atoms with Crippen LogP contribution in [0, 0.1) is 0 Å². The van der Waals surface area contributed by atoms with Gasteiger partial charge >= 0.3 is 0 Å². The van der Waals surface area contributed by atoms with Crippen molar-refractivity contribution in [1.29, 1.82) is 0 Å². The second-order valence-corrected chi connectivity index (χ2v) is 4.92. The first kappa shape index (κ1) is 12.4. The largest absolute Gasteiger partial charge is 0.368 e. The third-order valence-corrected chi connectivity index (χ3v) is 3.89. The Bertz CT molecular complexity index is 399. The number of benzene rings is 1. The van der Waals surface area contributed by atoms with Gasteiger partial charge in [0.2, 0.25) is 0 Å². The fraction of sp³-hybridized carbons (Fsp3) is 0.500. The highest BCUT2D eigenvalue weighted by Crippen LogP contribution is 2.32. The Kier molecular flexibility index (Phi) is 4.06. The monoisotopic (exact) mass is 251 g/mol. The summed E-state index contributed by atoms with van der Waals surface area (Å²) in [6.07, 6.45) is 5.89. The molecule has 0 aromatic heterocycles. The van der Waals surface area contributed by atoms with Crippen molar-refractivity contribution in [3.05, 3.63) is 28.8 Å². The summed E-state index contributed by atoms with van der Waals surface area (Å²) < 4.78 is 0. The zero-order valence-corrected chi connectivity index (χ0v) is 10.9. The molecule has 1 saturated carbocycles. The van der Waals surface area contributed by atoms with Crippen LogP contribution in [-0.2, 0) is 0 Å². The first-order valence-corrected chi connectivity index (χ1v) is 6.66. The molecule has 1 aliphatic rings. The second-order valence-electron chi connectivity index (χ2n) is 4.51. The molecule has 2 nitrogen and oxygen atoms in total. The average Bonchev–Trinajstić information content (AvgIpc) is 2.84. The number of rotatable bonds is 4. The van der Waals surface area contributed by atoms with Gasteiger partial charge in [0.25, 0.3) is 0 Å². The van der Waals surface area contributed by atoms with Crippen LogP contribution in [0.3, 0.4) is 0 Å². The first-order chi connectivity index (χ1) is 8.27. The molecule has 0 heterocycles. The fourth-order valence-electron chi connectivity index (χ4n) is 2.73. The molecule has 2 rings (SSSR count). The van der Waals surface area contributed by atoms with Gasteiger partial charge in [0.15, 0.2) is 6.29 Å². The van der Waals surface area contributed by atoms with Gasteiger partial charge in [-0.05, 0) is 31.9 Å². The van der Waals surface area contributed by atoms with Crippen molar-refractivity contribution in [1.82, 2.24) is 0 Å². The summed E-state index contributed by atoms with van der Waals surface area (Å²) in [6.45, 7) is 3.06.